The summed E-state index contributed by atoms with van der Waals surface area (Å²) in [6.07, 6.45) is 0. The number of hydrogen-bond acceptors (Lipinski definition) is 1. The van der Waals surface area contributed by atoms with E-state index in [4.69, 9.17) is 11.6 Å². The van der Waals surface area contributed by atoms with Crippen LogP contribution in [0.15, 0.2) is 12.1 Å². The molecule has 1 N–H and O–H groups in total. The van der Waals surface area contributed by atoms with Gasteiger partial charge in [0.1, 0.15) is 0 Å². The molecule has 0 bridgehead atoms. The molecule has 0 unspecified atom stereocenters. The Labute approximate surface area is 91.2 Å². The van der Waals surface area contributed by atoms with E-state index in [0.717, 1.165) is 12.1 Å². The van der Waals surface area contributed by atoms with E-state index in [1.807, 2.05) is 0 Å². The third-order valence-corrected chi connectivity index (χ3v) is 2.07. The molecule has 1 rings (SSSR count). The van der Waals surface area contributed by atoms with Crippen LogP contribution in [0.4, 0.5) is 8.78 Å². The topological polar surface area (TPSA) is 29.1 Å². The van der Waals surface area contributed by atoms with Crippen molar-refractivity contribution in [2.75, 3.05) is 0 Å². The summed E-state index contributed by atoms with van der Waals surface area (Å²) in [7, 11) is 0. The molecule has 0 radical (unpaired) electrons. The molecule has 82 valence electrons. The Morgan fingerprint density at radius 2 is 2.00 bits per heavy atom. The van der Waals surface area contributed by atoms with Gasteiger partial charge in [-0.2, -0.15) is 0 Å². The fourth-order valence-corrected chi connectivity index (χ4v) is 1.28. The minimum absolute atomic E-state index is 0.0655. The Bertz CT molecular complexity index is 393. The van der Waals surface area contributed by atoms with Gasteiger partial charge in [0.25, 0.3) is 5.91 Å². The maximum absolute atomic E-state index is 13.0. The van der Waals surface area contributed by atoms with Crippen LogP contribution in [0.2, 0.25) is 5.02 Å². The lowest BCUT2D eigenvalue weighted by Crippen LogP contribution is -2.30. The molecule has 0 aromatic heterocycles. The minimum atomic E-state index is -1.20. The third-order valence-electron chi connectivity index (χ3n) is 1.70. The summed E-state index contributed by atoms with van der Waals surface area (Å²) < 4.78 is 25.7. The molecule has 0 fully saturated rings. The fourth-order valence-electron chi connectivity index (χ4n) is 1.04. The SMILES string of the molecule is CC(C)NC(=O)c1ccc(F)c(F)c1Cl. The number of nitrogens with one attached hydrogen (secondary N) is 1. The van der Waals surface area contributed by atoms with Gasteiger partial charge in [0.05, 0.1) is 10.6 Å². The van der Waals surface area contributed by atoms with Crippen LogP contribution in [-0.4, -0.2) is 11.9 Å². The molecule has 1 amide bonds. The van der Waals surface area contributed by atoms with Crippen LogP contribution in [-0.2, 0) is 0 Å². The second-order valence-corrected chi connectivity index (χ2v) is 3.73. The smallest absolute Gasteiger partial charge is 0.253 e. The quantitative estimate of drug-likeness (QED) is 0.782. The van der Waals surface area contributed by atoms with E-state index in [2.05, 4.69) is 5.32 Å². The lowest BCUT2D eigenvalue weighted by Gasteiger charge is -2.09. The lowest BCUT2D eigenvalue weighted by molar-refractivity contribution is 0.0942. The van der Waals surface area contributed by atoms with E-state index >= 15 is 0 Å². The number of rotatable bonds is 2. The largest absolute Gasteiger partial charge is 0.350 e. The number of benzene rings is 1. The van der Waals surface area contributed by atoms with Gasteiger partial charge in [-0.3, -0.25) is 4.79 Å². The highest BCUT2D eigenvalue weighted by Crippen LogP contribution is 2.22. The summed E-state index contributed by atoms with van der Waals surface area (Å²) in [5, 5.41) is 2.04. The average Bonchev–Trinajstić information content (AvgIpc) is 2.13. The first-order valence-corrected chi connectivity index (χ1v) is 4.75. The molecular formula is C10H10ClF2NO. The predicted octanol–water partition coefficient (Wildman–Crippen LogP) is 2.76. The highest BCUT2D eigenvalue weighted by atomic mass is 35.5. The van der Waals surface area contributed by atoms with Crippen molar-refractivity contribution in [1.82, 2.24) is 5.32 Å². The molecule has 1 aromatic rings. The van der Waals surface area contributed by atoms with Crippen molar-refractivity contribution in [3.63, 3.8) is 0 Å². The molecule has 1 aromatic carbocycles. The van der Waals surface area contributed by atoms with Gasteiger partial charge in [-0.05, 0) is 26.0 Å². The van der Waals surface area contributed by atoms with E-state index in [9.17, 15) is 13.6 Å². The Kier molecular flexibility index (Phi) is 3.63. The van der Waals surface area contributed by atoms with Crippen molar-refractivity contribution >= 4 is 17.5 Å². The molecule has 0 saturated carbocycles. The summed E-state index contributed by atoms with van der Waals surface area (Å²) >= 11 is 5.50. The molecule has 0 aliphatic heterocycles. The molecule has 0 heterocycles. The van der Waals surface area contributed by atoms with E-state index in [1.54, 1.807) is 13.8 Å². The second-order valence-electron chi connectivity index (χ2n) is 3.35. The number of hydrogen-bond donors (Lipinski definition) is 1. The van der Waals surface area contributed by atoms with Crippen molar-refractivity contribution in [1.29, 1.82) is 0 Å². The lowest BCUT2D eigenvalue weighted by atomic mass is 10.2. The second kappa shape index (κ2) is 4.57. The standard InChI is InChI=1S/C10H10ClF2NO/c1-5(2)14-10(15)6-3-4-7(12)9(13)8(6)11/h3-5H,1-2H3,(H,14,15). The van der Waals surface area contributed by atoms with Gasteiger partial charge in [-0.1, -0.05) is 11.6 Å². The summed E-state index contributed by atoms with van der Waals surface area (Å²) in [6.45, 7) is 3.51. The highest BCUT2D eigenvalue weighted by Gasteiger charge is 2.17. The van der Waals surface area contributed by atoms with Crippen LogP contribution < -0.4 is 5.32 Å². The number of amides is 1. The van der Waals surface area contributed by atoms with Crippen LogP contribution in [0.5, 0.6) is 0 Å². The predicted molar refractivity (Wildman–Crippen MR) is 54.0 cm³/mol. The van der Waals surface area contributed by atoms with E-state index in [0.29, 0.717) is 0 Å². The Morgan fingerprint density at radius 1 is 1.40 bits per heavy atom. The number of carbonyl (C=O) groups is 1. The van der Waals surface area contributed by atoms with Crippen LogP contribution in [0.1, 0.15) is 24.2 Å². The zero-order chi connectivity index (χ0) is 11.6. The van der Waals surface area contributed by atoms with Crippen molar-refractivity contribution in [2.24, 2.45) is 0 Å². The van der Waals surface area contributed by atoms with Crippen LogP contribution in [0, 0.1) is 11.6 Å². The Balaban J connectivity index is 3.06. The molecule has 0 aliphatic rings. The Hall–Kier alpha value is -1.16. The fraction of sp³-hybridized carbons (Fsp3) is 0.300. The summed E-state index contributed by atoms with van der Waals surface area (Å²) in [5.74, 6) is -2.79. The van der Waals surface area contributed by atoms with Gasteiger partial charge < -0.3 is 5.32 Å². The van der Waals surface area contributed by atoms with Crippen LogP contribution >= 0.6 is 11.6 Å². The van der Waals surface area contributed by atoms with Crippen molar-refractivity contribution < 1.29 is 13.6 Å². The van der Waals surface area contributed by atoms with Crippen molar-refractivity contribution in [2.45, 2.75) is 19.9 Å². The molecule has 5 heteroatoms. The summed E-state index contributed by atoms with van der Waals surface area (Å²) in [4.78, 5) is 11.5. The zero-order valence-corrected chi connectivity index (χ0v) is 9.03. The first-order chi connectivity index (χ1) is 6.93. The molecule has 0 aliphatic carbocycles. The van der Waals surface area contributed by atoms with Crippen LogP contribution in [0.25, 0.3) is 0 Å². The van der Waals surface area contributed by atoms with Gasteiger partial charge in [-0.25, -0.2) is 8.78 Å². The summed E-state index contributed by atoms with van der Waals surface area (Å²) in [5.41, 5.74) is -0.0655. The van der Waals surface area contributed by atoms with Gasteiger partial charge in [-0.15, -0.1) is 0 Å². The maximum atomic E-state index is 13.0. The van der Waals surface area contributed by atoms with Gasteiger partial charge in [0.2, 0.25) is 0 Å². The third kappa shape index (κ3) is 2.65. The first kappa shape index (κ1) is 11.9. The maximum Gasteiger partial charge on any atom is 0.253 e. The average molecular weight is 234 g/mol. The molecular weight excluding hydrogens is 224 g/mol. The Morgan fingerprint density at radius 3 is 2.53 bits per heavy atom. The normalized spacial score (nSPS) is 10.5. The van der Waals surface area contributed by atoms with Gasteiger partial charge >= 0.3 is 0 Å². The molecule has 15 heavy (non-hydrogen) atoms. The molecule has 0 saturated heterocycles. The van der Waals surface area contributed by atoms with E-state index < -0.39 is 22.6 Å². The van der Waals surface area contributed by atoms with E-state index in [1.165, 1.54) is 0 Å². The highest BCUT2D eigenvalue weighted by molar-refractivity contribution is 6.34. The van der Waals surface area contributed by atoms with Crippen LogP contribution in [0.3, 0.4) is 0 Å². The molecule has 0 atom stereocenters. The monoisotopic (exact) mass is 233 g/mol. The van der Waals surface area contributed by atoms with Crippen molar-refractivity contribution in [3.8, 4) is 0 Å². The van der Waals surface area contributed by atoms with Gasteiger partial charge in [0.15, 0.2) is 11.6 Å². The summed E-state index contributed by atoms with van der Waals surface area (Å²) in [6, 6.07) is 1.93. The zero-order valence-electron chi connectivity index (χ0n) is 8.27. The molecule has 0 spiro atoms. The number of halogens is 3. The first-order valence-electron chi connectivity index (χ1n) is 4.38. The minimum Gasteiger partial charge on any atom is -0.350 e. The van der Waals surface area contributed by atoms with Gasteiger partial charge in [0, 0.05) is 6.04 Å². The molecule has 2 nitrogen and oxygen atoms in total. The van der Waals surface area contributed by atoms with Crippen molar-refractivity contribution in [3.05, 3.63) is 34.4 Å². The van der Waals surface area contributed by atoms with E-state index in [-0.39, 0.29) is 11.6 Å². The number of carbonyl (C=O) groups excluding carboxylic acids is 1.